The fourth-order valence-corrected chi connectivity index (χ4v) is 2.17. The Morgan fingerprint density at radius 2 is 2.29 bits per heavy atom. The van der Waals surface area contributed by atoms with Crippen molar-refractivity contribution in [3.8, 4) is 0 Å². The molecular formula is C9H16Cl2N2O. The van der Waals surface area contributed by atoms with Crippen LogP contribution in [0.25, 0.3) is 0 Å². The predicted molar refractivity (Wildman–Crippen MR) is 59.4 cm³/mol. The number of allylic oxidation sites excluding steroid dienone is 2. The quantitative estimate of drug-likeness (QED) is 0.511. The minimum absolute atomic E-state index is 0.0327. The summed E-state index contributed by atoms with van der Waals surface area (Å²) in [6.07, 6.45) is 2.61. The third-order valence-electron chi connectivity index (χ3n) is 2.14. The van der Waals surface area contributed by atoms with Crippen molar-refractivity contribution in [3.63, 3.8) is 0 Å². The van der Waals surface area contributed by atoms with Gasteiger partial charge in [0.25, 0.3) is 0 Å². The SMILES string of the molecule is C[C@H](N)C(O)NC1=CC(Cl)C[C@H](Cl)C1. The first-order valence-electron chi connectivity index (χ1n) is 4.68. The van der Waals surface area contributed by atoms with Gasteiger partial charge in [-0.3, -0.25) is 0 Å². The van der Waals surface area contributed by atoms with Crippen LogP contribution in [0.3, 0.4) is 0 Å². The Bertz CT molecular complexity index is 221. The lowest BCUT2D eigenvalue weighted by Gasteiger charge is -2.25. The Morgan fingerprint density at radius 1 is 1.64 bits per heavy atom. The van der Waals surface area contributed by atoms with Gasteiger partial charge in [0.15, 0.2) is 0 Å². The van der Waals surface area contributed by atoms with Crippen molar-refractivity contribution in [3.05, 3.63) is 11.8 Å². The zero-order valence-corrected chi connectivity index (χ0v) is 9.59. The summed E-state index contributed by atoms with van der Waals surface area (Å²) >= 11 is 11.9. The van der Waals surface area contributed by atoms with Gasteiger partial charge in [0.05, 0.1) is 5.38 Å². The van der Waals surface area contributed by atoms with E-state index in [2.05, 4.69) is 5.32 Å². The molecule has 2 unspecified atom stereocenters. The molecular weight excluding hydrogens is 223 g/mol. The Labute approximate surface area is 94.3 Å². The van der Waals surface area contributed by atoms with Crippen LogP contribution in [0.1, 0.15) is 19.8 Å². The minimum Gasteiger partial charge on any atom is -0.372 e. The lowest BCUT2D eigenvalue weighted by molar-refractivity contribution is 0.124. The lowest BCUT2D eigenvalue weighted by Crippen LogP contribution is -2.43. The van der Waals surface area contributed by atoms with Crippen LogP contribution in [0.2, 0.25) is 0 Å². The van der Waals surface area contributed by atoms with Gasteiger partial charge in [0.1, 0.15) is 6.23 Å². The molecule has 1 aliphatic carbocycles. The summed E-state index contributed by atoms with van der Waals surface area (Å²) in [5.74, 6) is 0. The van der Waals surface area contributed by atoms with E-state index in [-0.39, 0.29) is 16.8 Å². The zero-order valence-electron chi connectivity index (χ0n) is 8.08. The van der Waals surface area contributed by atoms with Gasteiger partial charge < -0.3 is 16.2 Å². The molecule has 5 heteroatoms. The average molecular weight is 239 g/mol. The van der Waals surface area contributed by atoms with Crippen molar-refractivity contribution >= 4 is 23.2 Å². The van der Waals surface area contributed by atoms with E-state index in [4.69, 9.17) is 28.9 Å². The van der Waals surface area contributed by atoms with Crippen molar-refractivity contribution in [2.24, 2.45) is 5.73 Å². The molecule has 0 aromatic heterocycles. The summed E-state index contributed by atoms with van der Waals surface area (Å²) in [5, 5.41) is 12.4. The molecule has 4 atom stereocenters. The molecule has 0 aliphatic heterocycles. The second-order valence-electron chi connectivity index (χ2n) is 3.69. The van der Waals surface area contributed by atoms with Gasteiger partial charge in [-0.25, -0.2) is 0 Å². The summed E-state index contributed by atoms with van der Waals surface area (Å²) < 4.78 is 0. The minimum atomic E-state index is -0.743. The van der Waals surface area contributed by atoms with Crippen molar-refractivity contribution in [1.29, 1.82) is 0 Å². The van der Waals surface area contributed by atoms with E-state index in [1.807, 2.05) is 6.08 Å². The average Bonchev–Trinajstić information content (AvgIpc) is 2.01. The smallest absolute Gasteiger partial charge is 0.139 e. The molecule has 0 amide bonds. The molecule has 0 spiro atoms. The summed E-state index contributed by atoms with van der Waals surface area (Å²) in [7, 11) is 0. The second-order valence-corrected chi connectivity index (χ2v) is 4.87. The summed E-state index contributed by atoms with van der Waals surface area (Å²) in [5.41, 5.74) is 6.39. The lowest BCUT2D eigenvalue weighted by atomic mass is 10.0. The monoisotopic (exact) mass is 238 g/mol. The van der Waals surface area contributed by atoms with Crippen molar-refractivity contribution in [2.45, 2.75) is 42.8 Å². The molecule has 0 aromatic carbocycles. The molecule has 1 rings (SSSR count). The van der Waals surface area contributed by atoms with Crippen molar-refractivity contribution in [2.75, 3.05) is 0 Å². The first kappa shape index (κ1) is 12.1. The molecule has 14 heavy (non-hydrogen) atoms. The van der Waals surface area contributed by atoms with E-state index in [1.54, 1.807) is 6.92 Å². The van der Waals surface area contributed by atoms with Crippen LogP contribution < -0.4 is 11.1 Å². The topological polar surface area (TPSA) is 58.3 Å². The Kier molecular flexibility index (Phi) is 4.51. The molecule has 82 valence electrons. The van der Waals surface area contributed by atoms with Gasteiger partial charge in [0, 0.05) is 23.5 Å². The third-order valence-corrected chi connectivity index (χ3v) is 2.77. The summed E-state index contributed by atoms with van der Waals surface area (Å²) in [6.45, 7) is 1.73. The highest BCUT2D eigenvalue weighted by atomic mass is 35.5. The molecule has 0 radical (unpaired) electrons. The first-order chi connectivity index (χ1) is 6.49. The largest absolute Gasteiger partial charge is 0.372 e. The second kappa shape index (κ2) is 5.21. The molecule has 0 bridgehead atoms. The summed E-state index contributed by atoms with van der Waals surface area (Å²) in [6, 6.07) is -0.319. The Balaban J connectivity index is 2.51. The Morgan fingerprint density at radius 3 is 2.79 bits per heavy atom. The number of halogens is 2. The molecule has 1 aliphatic rings. The van der Waals surface area contributed by atoms with Gasteiger partial charge >= 0.3 is 0 Å². The number of nitrogens with one attached hydrogen (secondary N) is 1. The highest BCUT2D eigenvalue weighted by Crippen LogP contribution is 2.25. The number of hydrogen-bond acceptors (Lipinski definition) is 3. The van der Waals surface area contributed by atoms with Crippen LogP contribution in [0.5, 0.6) is 0 Å². The number of hydrogen-bond donors (Lipinski definition) is 3. The van der Waals surface area contributed by atoms with Gasteiger partial charge in [-0.15, -0.1) is 23.2 Å². The van der Waals surface area contributed by atoms with Crippen LogP contribution >= 0.6 is 23.2 Å². The van der Waals surface area contributed by atoms with E-state index in [9.17, 15) is 5.11 Å². The first-order valence-corrected chi connectivity index (χ1v) is 5.55. The molecule has 3 nitrogen and oxygen atoms in total. The standard InChI is InChI=1S/C9H16Cl2N2O/c1-5(12)9(14)13-8-3-6(10)2-7(11)4-8/h3,5-7,9,13-14H,2,4,12H2,1H3/t5-,6?,7-,9?/m0/s1. The predicted octanol–water partition coefficient (Wildman–Crippen LogP) is 1.13. The van der Waals surface area contributed by atoms with E-state index in [1.165, 1.54) is 0 Å². The van der Waals surface area contributed by atoms with E-state index >= 15 is 0 Å². The number of aliphatic hydroxyl groups excluding tert-OH is 1. The number of rotatable bonds is 3. The normalized spacial score (nSPS) is 31.9. The maximum Gasteiger partial charge on any atom is 0.139 e. The molecule has 0 saturated carbocycles. The Hall–Kier alpha value is 0.0400. The van der Waals surface area contributed by atoms with Gasteiger partial charge in [-0.1, -0.05) is 0 Å². The van der Waals surface area contributed by atoms with E-state index < -0.39 is 6.23 Å². The number of aliphatic hydroxyl groups is 1. The zero-order chi connectivity index (χ0) is 10.7. The fraction of sp³-hybridized carbons (Fsp3) is 0.778. The number of alkyl halides is 2. The third kappa shape index (κ3) is 3.65. The summed E-state index contributed by atoms with van der Waals surface area (Å²) in [4.78, 5) is 0. The maximum atomic E-state index is 9.49. The van der Waals surface area contributed by atoms with Crippen LogP contribution in [0.4, 0.5) is 0 Å². The molecule has 4 N–H and O–H groups in total. The molecule has 0 saturated heterocycles. The number of nitrogens with two attached hydrogens (primary N) is 1. The molecule has 0 aromatic rings. The maximum absolute atomic E-state index is 9.49. The fourth-order valence-electron chi connectivity index (χ4n) is 1.35. The van der Waals surface area contributed by atoms with E-state index in [0.29, 0.717) is 6.42 Å². The van der Waals surface area contributed by atoms with Gasteiger partial charge in [0.2, 0.25) is 0 Å². The van der Waals surface area contributed by atoms with Gasteiger partial charge in [-0.2, -0.15) is 0 Å². The highest BCUT2D eigenvalue weighted by Gasteiger charge is 2.21. The van der Waals surface area contributed by atoms with Crippen LogP contribution in [-0.2, 0) is 0 Å². The van der Waals surface area contributed by atoms with Crippen molar-refractivity contribution < 1.29 is 5.11 Å². The molecule has 0 fully saturated rings. The van der Waals surface area contributed by atoms with Crippen LogP contribution in [-0.4, -0.2) is 28.1 Å². The van der Waals surface area contributed by atoms with Gasteiger partial charge in [-0.05, 0) is 19.4 Å². The molecule has 0 heterocycles. The van der Waals surface area contributed by atoms with E-state index in [0.717, 1.165) is 12.1 Å². The highest BCUT2D eigenvalue weighted by molar-refractivity contribution is 6.24. The van der Waals surface area contributed by atoms with Crippen LogP contribution in [0.15, 0.2) is 11.8 Å². The van der Waals surface area contributed by atoms with Crippen molar-refractivity contribution in [1.82, 2.24) is 5.32 Å². The van der Waals surface area contributed by atoms with Crippen LogP contribution in [0, 0.1) is 0 Å².